The number of nitrogens with zero attached hydrogens (tertiary/aromatic N) is 2. The molecule has 1 saturated carbocycles. The summed E-state index contributed by atoms with van der Waals surface area (Å²) < 4.78 is 11.9. The minimum Gasteiger partial charge on any atom is -0.445 e. The second kappa shape index (κ2) is 8.20. The number of nitriles is 1. The Morgan fingerprint density at radius 3 is 2.70 bits per heavy atom. The largest absolute Gasteiger partial charge is 0.445 e. The van der Waals surface area contributed by atoms with Crippen molar-refractivity contribution < 1.29 is 19.4 Å². The number of nitrogens with one attached hydrogen (secondary N) is 2. The molecule has 0 spiro atoms. The van der Waals surface area contributed by atoms with Crippen LogP contribution >= 0.6 is 0 Å². The SMILES string of the molecule is CC(C)Nc1c(C(=O)NC2CCC(O)CC2)cnc2c1Oc1cc(C#N)ccc1O2. The summed E-state index contributed by atoms with van der Waals surface area (Å²) in [5.41, 5.74) is 1.30. The third kappa shape index (κ3) is 4.02. The zero-order valence-corrected chi connectivity index (χ0v) is 16.9. The van der Waals surface area contributed by atoms with Crippen molar-refractivity contribution in [1.82, 2.24) is 10.3 Å². The van der Waals surface area contributed by atoms with Crippen LogP contribution in [0.5, 0.6) is 23.1 Å². The van der Waals surface area contributed by atoms with Gasteiger partial charge >= 0.3 is 0 Å². The average molecular weight is 408 g/mol. The molecule has 156 valence electrons. The highest BCUT2D eigenvalue weighted by Gasteiger charge is 2.29. The molecule has 1 aromatic carbocycles. The van der Waals surface area contributed by atoms with E-state index in [1.165, 1.54) is 6.20 Å². The molecule has 8 heteroatoms. The van der Waals surface area contributed by atoms with Crippen LogP contribution in [0.1, 0.15) is 55.5 Å². The molecule has 1 amide bonds. The molecular formula is C22H24N4O4. The summed E-state index contributed by atoms with van der Waals surface area (Å²) >= 11 is 0. The summed E-state index contributed by atoms with van der Waals surface area (Å²) in [5, 5.41) is 25.2. The van der Waals surface area contributed by atoms with Crippen molar-refractivity contribution in [2.24, 2.45) is 0 Å². The molecule has 3 N–H and O–H groups in total. The predicted octanol–water partition coefficient (Wildman–Crippen LogP) is 3.70. The molecule has 0 unspecified atom stereocenters. The first-order valence-corrected chi connectivity index (χ1v) is 10.1. The first kappa shape index (κ1) is 20.0. The van der Waals surface area contributed by atoms with E-state index in [0.29, 0.717) is 46.9 Å². The zero-order valence-electron chi connectivity index (χ0n) is 16.9. The number of aliphatic hydroxyl groups is 1. The molecule has 2 aromatic rings. The van der Waals surface area contributed by atoms with E-state index in [4.69, 9.17) is 14.7 Å². The van der Waals surface area contributed by atoms with Crippen molar-refractivity contribution in [2.75, 3.05) is 5.32 Å². The minimum absolute atomic E-state index is 0.0138. The second-order valence-corrected chi connectivity index (χ2v) is 7.94. The van der Waals surface area contributed by atoms with Gasteiger partial charge in [0.2, 0.25) is 5.75 Å². The normalized spacial score (nSPS) is 19.6. The number of benzene rings is 1. The predicted molar refractivity (Wildman–Crippen MR) is 110 cm³/mol. The van der Waals surface area contributed by atoms with Gasteiger partial charge in [-0.2, -0.15) is 5.26 Å². The molecule has 0 bridgehead atoms. The summed E-state index contributed by atoms with van der Waals surface area (Å²) in [5.74, 6) is 1.18. The highest BCUT2D eigenvalue weighted by molar-refractivity contribution is 6.01. The highest BCUT2D eigenvalue weighted by Crippen LogP contribution is 2.49. The number of aliphatic hydroxyl groups excluding tert-OH is 1. The lowest BCUT2D eigenvalue weighted by molar-refractivity contribution is 0.0867. The van der Waals surface area contributed by atoms with Gasteiger partial charge in [0.15, 0.2) is 11.5 Å². The van der Waals surface area contributed by atoms with Crippen LogP contribution in [0.25, 0.3) is 0 Å². The van der Waals surface area contributed by atoms with Gasteiger partial charge in [-0.15, -0.1) is 0 Å². The maximum absolute atomic E-state index is 13.0. The van der Waals surface area contributed by atoms with E-state index < -0.39 is 0 Å². The lowest BCUT2D eigenvalue weighted by atomic mass is 9.93. The number of fused-ring (bicyclic) bond motifs is 2. The number of ether oxygens (including phenoxy) is 2. The molecule has 8 nitrogen and oxygen atoms in total. The van der Waals surface area contributed by atoms with Crippen molar-refractivity contribution in [2.45, 2.75) is 57.7 Å². The third-order valence-corrected chi connectivity index (χ3v) is 5.20. The lowest BCUT2D eigenvalue weighted by Gasteiger charge is -2.28. The first-order valence-electron chi connectivity index (χ1n) is 10.1. The van der Waals surface area contributed by atoms with Gasteiger partial charge in [-0.25, -0.2) is 4.98 Å². The number of anilines is 1. The molecule has 2 aliphatic rings. The maximum atomic E-state index is 13.0. The standard InChI is InChI=1S/C22H24N4O4/c1-12(2)25-19-16(21(28)26-14-4-6-15(27)7-5-14)11-24-22-20(19)29-18-9-13(10-23)3-8-17(18)30-22/h3,8-9,11-12,14-15,27H,4-7H2,1-2H3,(H,24,25)(H,26,28). The molecule has 1 aliphatic carbocycles. The van der Waals surface area contributed by atoms with Crippen LogP contribution in [0.2, 0.25) is 0 Å². The van der Waals surface area contributed by atoms with E-state index in [9.17, 15) is 9.90 Å². The van der Waals surface area contributed by atoms with Gasteiger partial charge in [0, 0.05) is 24.3 Å². The van der Waals surface area contributed by atoms with E-state index in [2.05, 4.69) is 21.7 Å². The summed E-state index contributed by atoms with van der Waals surface area (Å²) in [4.78, 5) is 17.3. The van der Waals surface area contributed by atoms with E-state index in [1.54, 1.807) is 18.2 Å². The van der Waals surface area contributed by atoms with Crippen LogP contribution in [-0.2, 0) is 0 Å². The zero-order chi connectivity index (χ0) is 21.3. The number of hydrogen-bond acceptors (Lipinski definition) is 7. The van der Waals surface area contributed by atoms with E-state index in [-0.39, 0.29) is 30.0 Å². The molecule has 30 heavy (non-hydrogen) atoms. The molecule has 1 aliphatic heterocycles. The number of aromatic nitrogens is 1. The fourth-order valence-corrected chi connectivity index (χ4v) is 3.69. The third-order valence-electron chi connectivity index (χ3n) is 5.20. The second-order valence-electron chi connectivity index (χ2n) is 7.94. The number of rotatable bonds is 4. The quantitative estimate of drug-likeness (QED) is 0.602. The van der Waals surface area contributed by atoms with Crippen LogP contribution < -0.4 is 20.1 Å². The smallest absolute Gasteiger partial charge is 0.265 e. The van der Waals surface area contributed by atoms with Gasteiger partial charge in [-0.05, 0) is 51.7 Å². The van der Waals surface area contributed by atoms with Gasteiger partial charge in [0.25, 0.3) is 11.8 Å². The average Bonchev–Trinajstić information content (AvgIpc) is 2.73. The van der Waals surface area contributed by atoms with Crippen LogP contribution in [0, 0.1) is 11.3 Å². The summed E-state index contributed by atoms with van der Waals surface area (Å²) in [6.45, 7) is 3.92. The molecule has 2 heterocycles. The molecule has 1 aromatic heterocycles. The maximum Gasteiger partial charge on any atom is 0.265 e. The Morgan fingerprint density at radius 1 is 1.23 bits per heavy atom. The Morgan fingerprint density at radius 2 is 2.00 bits per heavy atom. The molecule has 1 fully saturated rings. The molecule has 0 saturated heterocycles. The molecule has 4 rings (SSSR count). The van der Waals surface area contributed by atoms with Crippen molar-refractivity contribution in [3.8, 4) is 29.2 Å². The number of amides is 1. The van der Waals surface area contributed by atoms with Crippen molar-refractivity contribution in [1.29, 1.82) is 5.26 Å². The monoisotopic (exact) mass is 408 g/mol. The molecule has 0 atom stereocenters. The van der Waals surface area contributed by atoms with Crippen molar-refractivity contribution in [3.05, 3.63) is 35.5 Å². The van der Waals surface area contributed by atoms with E-state index >= 15 is 0 Å². The van der Waals surface area contributed by atoms with Gasteiger partial charge < -0.3 is 25.2 Å². The Labute approximate surface area is 174 Å². The number of pyridine rings is 1. The van der Waals surface area contributed by atoms with Gasteiger partial charge in [0.1, 0.15) is 0 Å². The summed E-state index contributed by atoms with van der Waals surface area (Å²) in [6.07, 6.45) is 4.03. The number of hydrogen-bond donors (Lipinski definition) is 3. The summed E-state index contributed by atoms with van der Waals surface area (Å²) in [6, 6.07) is 7.02. The Hall–Kier alpha value is -3.31. The minimum atomic E-state index is -0.286. The van der Waals surface area contributed by atoms with E-state index in [0.717, 1.165) is 12.8 Å². The molecular weight excluding hydrogens is 384 g/mol. The van der Waals surface area contributed by atoms with Gasteiger partial charge in [0.05, 0.1) is 29.0 Å². The number of carbonyl (C=O) groups excluding carboxylic acids is 1. The topological polar surface area (TPSA) is 117 Å². The highest BCUT2D eigenvalue weighted by atomic mass is 16.6. The Balaban J connectivity index is 1.65. The summed E-state index contributed by atoms with van der Waals surface area (Å²) in [7, 11) is 0. The lowest BCUT2D eigenvalue weighted by Crippen LogP contribution is -2.39. The van der Waals surface area contributed by atoms with Crippen LogP contribution in [-0.4, -0.2) is 34.2 Å². The van der Waals surface area contributed by atoms with Crippen LogP contribution in [0.3, 0.4) is 0 Å². The Bertz CT molecular complexity index is 1010. The van der Waals surface area contributed by atoms with Crippen LogP contribution in [0.15, 0.2) is 24.4 Å². The van der Waals surface area contributed by atoms with Gasteiger partial charge in [-0.1, -0.05) is 0 Å². The van der Waals surface area contributed by atoms with Crippen molar-refractivity contribution in [3.63, 3.8) is 0 Å². The van der Waals surface area contributed by atoms with Crippen molar-refractivity contribution >= 4 is 11.6 Å². The van der Waals surface area contributed by atoms with Gasteiger partial charge in [-0.3, -0.25) is 4.79 Å². The Kier molecular flexibility index (Phi) is 5.46. The van der Waals surface area contributed by atoms with E-state index in [1.807, 2.05) is 13.8 Å². The molecule has 0 radical (unpaired) electrons. The fraction of sp³-hybridized carbons (Fsp3) is 0.409. The number of carbonyl (C=O) groups is 1. The fourth-order valence-electron chi connectivity index (χ4n) is 3.69. The van der Waals surface area contributed by atoms with Crippen LogP contribution in [0.4, 0.5) is 5.69 Å². The first-order chi connectivity index (χ1) is 14.4.